The summed E-state index contributed by atoms with van der Waals surface area (Å²) in [4.78, 5) is 10.6. The van der Waals surface area contributed by atoms with Crippen molar-refractivity contribution in [3.05, 3.63) is 107 Å². The van der Waals surface area contributed by atoms with E-state index in [4.69, 9.17) is 0 Å². The lowest BCUT2D eigenvalue weighted by atomic mass is 9.67. The fraction of sp³-hybridized carbons (Fsp3) is 0.367. The van der Waals surface area contributed by atoms with Gasteiger partial charge in [0.2, 0.25) is 0 Å². The molecule has 1 rings (SSSR count). The van der Waals surface area contributed by atoms with Gasteiger partial charge in [-0.1, -0.05) is 115 Å². The Balaban J connectivity index is 2.66. The van der Waals surface area contributed by atoms with Crippen molar-refractivity contribution in [1.29, 1.82) is 0 Å². The van der Waals surface area contributed by atoms with Gasteiger partial charge in [-0.05, 0) is 52.0 Å². The number of rotatable bonds is 9. The van der Waals surface area contributed by atoms with E-state index in [1.165, 1.54) is 16.7 Å². The van der Waals surface area contributed by atoms with Crippen LogP contribution < -0.4 is 0 Å². The van der Waals surface area contributed by atoms with E-state index in [2.05, 4.69) is 71.1 Å². The highest BCUT2D eigenvalue weighted by Crippen LogP contribution is 2.41. The first-order valence-corrected chi connectivity index (χ1v) is 11.3. The quantitative estimate of drug-likeness (QED) is 0.177. The molecule has 0 fully saturated rings. The third-order valence-corrected chi connectivity index (χ3v) is 5.53. The third-order valence-electron chi connectivity index (χ3n) is 5.53. The molecule has 2 heteroatoms. The van der Waals surface area contributed by atoms with E-state index in [0.717, 1.165) is 18.3 Å². The first-order valence-electron chi connectivity index (χ1n) is 11.3. The highest BCUT2D eigenvalue weighted by Gasteiger charge is 2.34. The van der Waals surface area contributed by atoms with Gasteiger partial charge in [0, 0.05) is 5.92 Å². The van der Waals surface area contributed by atoms with Crippen LogP contribution in [0.15, 0.2) is 107 Å². The second-order valence-electron chi connectivity index (χ2n) is 9.37. The average Bonchev–Trinajstić information content (AvgIpc) is 2.69. The van der Waals surface area contributed by atoms with E-state index in [1.54, 1.807) is 13.0 Å². The number of carbonyl (C=O) groups is 1. The largest absolute Gasteiger partial charge is 0.389 e. The van der Waals surface area contributed by atoms with Crippen molar-refractivity contribution >= 4 is 6.29 Å². The normalized spacial score (nSPS) is 23.7. The lowest BCUT2D eigenvalue weighted by Gasteiger charge is -2.38. The number of allylic oxidation sites excluding steroid dienone is 17. The summed E-state index contributed by atoms with van der Waals surface area (Å²) in [5, 5.41) is 9.99. The number of aldehydes is 1. The second-order valence-corrected chi connectivity index (χ2v) is 9.37. The summed E-state index contributed by atoms with van der Waals surface area (Å²) in [6, 6.07) is 0. The van der Waals surface area contributed by atoms with Gasteiger partial charge in [-0.3, -0.25) is 4.79 Å². The maximum atomic E-state index is 10.6. The number of carbonyl (C=O) groups excluding carboxylic acids is 1. The van der Waals surface area contributed by atoms with Crippen molar-refractivity contribution in [1.82, 2.24) is 0 Å². The molecule has 2 unspecified atom stereocenters. The van der Waals surface area contributed by atoms with Crippen LogP contribution in [0, 0.1) is 11.3 Å². The van der Waals surface area contributed by atoms with Crippen LogP contribution in [0.2, 0.25) is 0 Å². The zero-order valence-electron chi connectivity index (χ0n) is 20.8. The van der Waals surface area contributed by atoms with Gasteiger partial charge in [-0.15, -0.1) is 0 Å². The van der Waals surface area contributed by atoms with Crippen molar-refractivity contribution in [3.8, 4) is 0 Å². The van der Waals surface area contributed by atoms with Crippen molar-refractivity contribution in [2.45, 2.75) is 61.0 Å². The Morgan fingerprint density at radius 3 is 1.81 bits per heavy atom. The molecule has 1 aliphatic rings. The Hall–Kier alpha value is -2.71. The summed E-state index contributed by atoms with van der Waals surface area (Å²) in [6.45, 7) is 14.5. The van der Waals surface area contributed by atoms with Gasteiger partial charge < -0.3 is 5.11 Å². The molecule has 0 amide bonds. The van der Waals surface area contributed by atoms with Crippen molar-refractivity contribution < 1.29 is 9.90 Å². The third kappa shape index (κ3) is 10.5. The van der Waals surface area contributed by atoms with Gasteiger partial charge in [-0.2, -0.15) is 0 Å². The highest BCUT2D eigenvalue weighted by molar-refractivity contribution is 5.72. The van der Waals surface area contributed by atoms with Crippen LogP contribution in [0.25, 0.3) is 0 Å². The van der Waals surface area contributed by atoms with Crippen LogP contribution in [-0.4, -0.2) is 17.5 Å². The number of hydrogen-bond acceptors (Lipinski definition) is 2. The Bertz CT molecular complexity index is 908. The Kier molecular flexibility index (Phi) is 11.7. The number of hydrogen-bond donors (Lipinski definition) is 1. The molecule has 0 bridgehead atoms. The molecule has 2 atom stereocenters. The molecule has 0 saturated heterocycles. The Labute approximate surface area is 195 Å². The summed E-state index contributed by atoms with van der Waals surface area (Å²) < 4.78 is 0. The molecule has 0 aromatic rings. The van der Waals surface area contributed by atoms with E-state index >= 15 is 0 Å². The standard InChI is InChI=1S/C30H40O2/c1-23(12-8-9-13-24(2)15-11-17-26(4)22-31)14-10-16-25(3)18-19-29-27(5)20-28(32)21-30(29,6)7/h8-20,22,28-29,32H,21H2,1-7H3/b9-8+,14-10+,15-11+,19-18+,23-12+,24-13+,25-16+,26-17?. The Morgan fingerprint density at radius 1 is 0.844 bits per heavy atom. The van der Waals surface area contributed by atoms with E-state index in [0.29, 0.717) is 11.5 Å². The molecule has 0 aliphatic heterocycles. The van der Waals surface area contributed by atoms with Gasteiger partial charge in [0.05, 0.1) is 6.10 Å². The molecule has 0 heterocycles. The molecule has 0 saturated carbocycles. The fourth-order valence-corrected chi connectivity index (χ4v) is 3.73. The maximum Gasteiger partial charge on any atom is 0.145 e. The van der Waals surface area contributed by atoms with Crippen LogP contribution in [-0.2, 0) is 4.79 Å². The first-order chi connectivity index (χ1) is 15.0. The SMILES string of the molecule is CC(C=O)=C/C=C/C(C)=C/C=C/C=C(C)/C=C/C=C(C)/C=C/C1C(C)=CC(O)CC1(C)C. The van der Waals surface area contributed by atoms with Crippen LogP contribution in [0.1, 0.15) is 54.9 Å². The lowest BCUT2D eigenvalue weighted by molar-refractivity contribution is -0.104. The average molecular weight is 433 g/mol. The molecule has 0 aromatic carbocycles. The summed E-state index contributed by atoms with van der Waals surface area (Å²) in [6.07, 6.45) is 27.8. The molecular formula is C30H40O2. The van der Waals surface area contributed by atoms with Crippen LogP contribution in [0.5, 0.6) is 0 Å². The Morgan fingerprint density at radius 2 is 1.31 bits per heavy atom. The predicted octanol–water partition coefficient (Wildman–Crippen LogP) is 7.55. The van der Waals surface area contributed by atoms with Crippen LogP contribution in [0.3, 0.4) is 0 Å². The molecule has 1 aliphatic carbocycles. The summed E-state index contributed by atoms with van der Waals surface area (Å²) in [5.41, 5.74) is 5.49. The zero-order chi connectivity index (χ0) is 24.1. The highest BCUT2D eigenvalue weighted by atomic mass is 16.3. The predicted molar refractivity (Wildman–Crippen MR) is 139 cm³/mol. The first kappa shape index (κ1) is 27.3. The number of aliphatic hydroxyl groups excluding tert-OH is 1. The minimum atomic E-state index is -0.330. The molecule has 32 heavy (non-hydrogen) atoms. The summed E-state index contributed by atoms with van der Waals surface area (Å²) in [5.74, 6) is 0.349. The topological polar surface area (TPSA) is 37.3 Å². The van der Waals surface area contributed by atoms with Crippen molar-refractivity contribution in [2.24, 2.45) is 11.3 Å². The van der Waals surface area contributed by atoms with Gasteiger partial charge >= 0.3 is 0 Å². The molecule has 0 aromatic heterocycles. The van der Waals surface area contributed by atoms with Crippen LogP contribution >= 0.6 is 0 Å². The van der Waals surface area contributed by atoms with E-state index in [9.17, 15) is 9.90 Å². The summed E-state index contributed by atoms with van der Waals surface area (Å²) >= 11 is 0. The molecular weight excluding hydrogens is 392 g/mol. The van der Waals surface area contributed by atoms with Crippen molar-refractivity contribution in [3.63, 3.8) is 0 Å². The zero-order valence-corrected chi connectivity index (χ0v) is 20.8. The second kappa shape index (κ2) is 13.6. The summed E-state index contributed by atoms with van der Waals surface area (Å²) in [7, 11) is 0. The van der Waals surface area contributed by atoms with Gasteiger partial charge in [0.25, 0.3) is 0 Å². The smallest absolute Gasteiger partial charge is 0.145 e. The lowest BCUT2D eigenvalue weighted by Crippen LogP contribution is -2.32. The van der Waals surface area contributed by atoms with E-state index in [-0.39, 0.29) is 11.5 Å². The van der Waals surface area contributed by atoms with Gasteiger partial charge in [-0.25, -0.2) is 0 Å². The molecule has 172 valence electrons. The molecule has 0 spiro atoms. The molecule has 2 nitrogen and oxygen atoms in total. The van der Waals surface area contributed by atoms with E-state index in [1.807, 2.05) is 43.4 Å². The van der Waals surface area contributed by atoms with Gasteiger partial charge in [0.15, 0.2) is 0 Å². The van der Waals surface area contributed by atoms with Crippen LogP contribution in [0.4, 0.5) is 0 Å². The number of aliphatic hydroxyl groups is 1. The van der Waals surface area contributed by atoms with Crippen molar-refractivity contribution in [2.75, 3.05) is 0 Å². The molecule has 0 radical (unpaired) electrons. The minimum Gasteiger partial charge on any atom is -0.389 e. The monoisotopic (exact) mass is 432 g/mol. The van der Waals surface area contributed by atoms with E-state index < -0.39 is 0 Å². The fourth-order valence-electron chi connectivity index (χ4n) is 3.73. The minimum absolute atomic E-state index is 0.0598. The van der Waals surface area contributed by atoms with Gasteiger partial charge in [0.1, 0.15) is 6.29 Å². The maximum absolute atomic E-state index is 10.6. The molecule has 1 N–H and O–H groups in total.